The van der Waals surface area contributed by atoms with E-state index in [1.54, 1.807) is 0 Å². The zero-order valence-corrected chi connectivity index (χ0v) is 14.0. The Morgan fingerprint density at radius 1 is 1.28 bits per heavy atom. The first-order chi connectivity index (χ1) is 8.67. The Labute approximate surface area is 123 Å². The Morgan fingerprint density at radius 3 is 2.56 bits per heavy atom. The van der Waals surface area contributed by atoms with E-state index in [-0.39, 0.29) is 0 Å². The van der Waals surface area contributed by atoms with E-state index in [0.29, 0.717) is 6.04 Å². The Balaban J connectivity index is 2.41. The highest BCUT2D eigenvalue weighted by Crippen LogP contribution is 2.19. The van der Waals surface area contributed by atoms with Gasteiger partial charge in [0.25, 0.3) is 0 Å². The molecule has 2 nitrogen and oxygen atoms in total. The molecule has 0 unspecified atom stereocenters. The molecule has 0 fully saturated rings. The second kappa shape index (κ2) is 9.08. The van der Waals surface area contributed by atoms with Crippen molar-refractivity contribution in [1.82, 2.24) is 4.90 Å². The van der Waals surface area contributed by atoms with Gasteiger partial charge in [-0.1, -0.05) is 22.9 Å². The molecule has 0 spiro atoms. The molecule has 1 aromatic rings. The summed E-state index contributed by atoms with van der Waals surface area (Å²) in [4.78, 5) is 5.41. The maximum Gasteiger partial charge on any atom is 0.0594 e. The number of hydrogen-bond acceptors (Lipinski definition) is 3. The van der Waals surface area contributed by atoms with E-state index in [4.69, 9.17) is 4.74 Å². The van der Waals surface area contributed by atoms with Crippen LogP contribution >= 0.6 is 27.3 Å². The van der Waals surface area contributed by atoms with Crippen molar-refractivity contribution in [1.29, 1.82) is 0 Å². The summed E-state index contributed by atoms with van der Waals surface area (Å²) >= 11 is 5.31. The smallest absolute Gasteiger partial charge is 0.0594 e. The van der Waals surface area contributed by atoms with Crippen molar-refractivity contribution < 1.29 is 4.74 Å². The number of halogens is 1. The number of thiophene rings is 1. The summed E-state index contributed by atoms with van der Waals surface area (Å²) in [6.45, 7) is 10.4. The van der Waals surface area contributed by atoms with Crippen molar-refractivity contribution in [2.45, 2.75) is 39.8 Å². The van der Waals surface area contributed by atoms with Crippen LogP contribution in [-0.4, -0.2) is 36.0 Å². The van der Waals surface area contributed by atoms with Crippen LogP contribution in [-0.2, 0) is 17.7 Å². The lowest BCUT2D eigenvalue weighted by Crippen LogP contribution is -2.33. The van der Waals surface area contributed by atoms with Crippen molar-refractivity contribution in [3.05, 3.63) is 21.9 Å². The van der Waals surface area contributed by atoms with Crippen LogP contribution in [0, 0.1) is 0 Å². The summed E-state index contributed by atoms with van der Waals surface area (Å²) in [5, 5.41) is 0.916. The Kier molecular flexibility index (Phi) is 8.15. The summed E-state index contributed by atoms with van der Waals surface area (Å²) in [6, 6.07) is 5.07. The van der Waals surface area contributed by atoms with E-state index in [9.17, 15) is 0 Å². The Bertz CT molecular complexity index is 327. The monoisotopic (exact) mass is 333 g/mol. The van der Waals surface area contributed by atoms with Crippen molar-refractivity contribution in [3.8, 4) is 0 Å². The van der Waals surface area contributed by atoms with Crippen LogP contribution in [0.2, 0.25) is 0 Å². The van der Waals surface area contributed by atoms with Gasteiger partial charge in [-0.2, -0.15) is 0 Å². The van der Waals surface area contributed by atoms with Crippen molar-refractivity contribution >= 4 is 27.3 Å². The molecule has 0 aromatic carbocycles. The minimum Gasteiger partial charge on any atom is -0.379 e. The van der Waals surface area contributed by atoms with Gasteiger partial charge in [-0.3, -0.25) is 4.90 Å². The first kappa shape index (κ1) is 16.2. The van der Waals surface area contributed by atoms with Crippen LogP contribution in [0.15, 0.2) is 12.1 Å². The summed E-state index contributed by atoms with van der Waals surface area (Å²) < 4.78 is 5.54. The topological polar surface area (TPSA) is 12.5 Å². The normalized spacial score (nSPS) is 11.7. The van der Waals surface area contributed by atoms with Gasteiger partial charge in [-0.05, 0) is 32.4 Å². The van der Waals surface area contributed by atoms with Crippen molar-refractivity contribution in [2.75, 3.05) is 25.1 Å². The quantitative estimate of drug-likeness (QED) is 0.501. The van der Waals surface area contributed by atoms with Crippen LogP contribution in [0.5, 0.6) is 0 Å². The lowest BCUT2D eigenvalue weighted by molar-refractivity contribution is 0.0997. The van der Waals surface area contributed by atoms with E-state index in [1.165, 1.54) is 9.75 Å². The fraction of sp³-hybridized carbons (Fsp3) is 0.714. The van der Waals surface area contributed by atoms with Gasteiger partial charge in [-0.25, -0.2) is 0 Å². The van der Waals surface area contributed by atoms with Gasteiger partial charge in [0, 0.05) is 34.2 Å². The SMILES string of the molecule is CCc1ccc(CN(CCOCCBr)C(C)C)s1. The number of aryl methyl sites for hydroxylation is 1. The standard InChI is InChI=1S/C14H24BrNOS/c1-4-13-5-6-14(18-13)11-16(12(2)3)8-10-17-9-7-15/h5-6,12H,4,7-11H2,1-3H3. The van der Waals surface area contributed by atoms with Gasteiger partial charge >= 0.3 is 0 Å². The first-order valence-electron chi connectivity index (χ1n) is 6.62. The average molecular weight is 334 g/mol. The molecule has 18 heavy (non-hydrogen) atoms. The van der Waals surface area contributed by atoms with E-state index >= 15 is 0 Å². The third kappa shape index (κ3) is 5.83. The number of hydrogen-bond donors (Lipinski definition) is 0. The van der Waals surface area contributed by atoms with Gasteiger partial charge in [0.15, 0.2) is 0 Å². The molecule has 0 radical (unpaired) electrons. The molecule has 1 aromatic heterocycles. The maximum absolute atomic E-state index is 5.54. The molecule has 0 aliphatic heterocycles. The van der Waals surface area contributed by atoms with Gasteiger partial charge in [0.2, 0.25) is 0 Å². The summed E-state index contributed by atoms with van der Waals surface area (Å²) in [6.07, 6.45) is 1.14. The van der Waals surface area contributed by atoms with Gasteiger partial charge in [0.05, 0.1) is 13.2 Å². The molecule has 4 heteroatoms. The molecule has 0 saturated heterocycles. The molecule has 0 aliphatic carbocycles. The van der Waals surface area contributed by atoms with Crippen LogP contribution in [0.25, 0.3) is 0 Å². The molecular formula is C14H24BrNOS. The molecule has 0 atom stereocenters. The number of alkyl halides is 1. The van der Waals surface area contributed by atoms with Gasteiger partial charge in [-0.15, -0.1) is 11.3 Å². The van der Waals surface area contributed by atoms with E-state index in [1.807, 2.05) is 11.3 Å². The van der Waals surface area contributed by atoms with Crippen LogP contribution in [0.4, 0.5) is 0 Å². The lowest BCUT2D eigenvalue weighted by Gasteiger charge is -2.25. The summed E-state index contributed by atoms with van der Waals surface area (Å²) in [7, 11) is 0. The highest BCUT2D eigenvalue weighted by Gasteiger charge is 2.11. The highest BCUT2D eigenvalue weighted by molar-refractivity contribution is 9.09. The van der Waals surface area contributed by atoms with Crippen LogP contribution in [0.3, 0.4) is 0 Å². The molecule has 0 N–H and O–H groups in total. The van der Waals surface area contributed by atoms with Gasteiger partial charge in [0.1, 0.15) is 0 Å². The maximum atomic E-state index is 5.54. The third-order valence-electron chi connectivity index (χ3n) is 2.90. The second-order valence-corrected chi connectivity index (χ2v) is 6.63. The zero-order chi connectivity index (χ0) is 13.4. The Hall–Kier alpha value is 0.1000. The fourth-order valence-electron chi connectivity index (χ4n) is 1.76. The fourth-order valence-corrected chi connectivity index (χ4v) is 2.97. The largest absolute Gasteiger partial charge is 0.379 e. The van der Waals surface area contributed by atoms with E-state index in [2.05, 4.69) is 53.7 Å². The molecule has 1 heterocycles. The van der Waals surface area contributed by atoms with Gasteiger partial charge < -0.3 is 4.74 Å². The van der Waals surface area contributed by atoms with E-state index < -0.39 is 0 Å². The lowest BCUT2D eigenvalue weighted by atomic mass is 10.3. The predicted octanol–water partition coefficient (Wildman–Crippen LogP) is 3.93. The number of rotatable bonds is 9. The average Bonchev–Trinajstić information content (AvgIpc) is 2.80. The third-order valence-corrected chi connectivity index (χ3v) is 4.44. The molecule has 104 valence electrons. The van der Waals surface area contributed by atoms with Crippen molar-refractivity contribution in [2.24, 2.45) is 0 Å². The predicted molar refractivity (Wildman–Crippen MR) is 83.9 cm³/mol. The molecule has 1 rings (SSSR count). The first-order valence-corrected chi connectivity index (χ1v) is 8.56. The van der Waals surface area contributed by atoms with Crippen LogP contribution < -0.4 is 0 Å². The van der Waals surface area contributed by atoms with Crippen LogP contribution in [0.1, 0.15) is 30.5 Å². The molecule has 0 saturated carbocycles. The summed E-state index contributed by atoms with van der Waals surface area (Å²) in [5.74, 6) is 0. The Morgan fingerprint density at radius 2 is 2.00 bits per heavy atom. The molecule has 0 aliphatic rings. The minimum atomic E-state index is 0.560. The minimum absolute atomic E-state index is 0.560. The number of nitrogens with zero attached hydrogens (tertiary/aromatic N) is 1. The zero-order valence-electron chi connectivity index (χ0n) is 11.6. The summed E-state index contributed by atoms with van der Waals surface area (Å²) in [5.41, 5.74) is 0. The molecular weight excluding hydrogens is 310 g/mol. The van der Waals surface area contributed by atoms with Crippen molar-refractivity contribution in [3.63, 3.8) is 0 Å². The number of ether oxygens (including phenoxy) is 1. The highest BCUT2D eigenvalue weighted by atomic mass is 79.9. The molecule has 0 amide bonds. The molecule has 0 bridgehead atoms. The van der Waals surface area contributed by atoms with E-state index in [0.717, 1.165) is 38.1 Å². The second-order valence-electron chi connectivity index (χ2n) is 4.59.